The number of benzene rings is 2. The highest BCUT2D eigenvalue weighted by Crippen LogP contribution is 2.46. The van der Waals surface area contributed by atoms with E-state index in [-0.39, 0.29) is 22.2 Å². The first-order chi connectivity index (χ1) is 21.1. The number of carbonyl (C=O) groups is 3. The van der Waals surface area contributed by atoms with Crippen molar-refractivity contribution in [2.24, 2.45) is 0 Å². The normalized spacial score (nSPS) is 14.6. The number of ketones is 1. The van der Waals surface area contributed by atoms with Crippen molar-refractivity contribution in [2.45, 2.75) is 33.4 Å². The van der Waals surface area contributed by atoms with Crippen molar-refractivity contribution in [2.75, 3.05) is 18.6 Å². The fourth-order valence-corrected chi connectivity index (χ4v) is 6.66. The number of hydrogen-bond acceptors (Lipinski definition) is 11. The van der Waals surface area contributed by atoms with Crippen LogP contribution in [0.1, 0.15) is 52.9 Å². The van der Waals surface area contributed by atoms with Gasteiger partial charge in [0.25, 0.3) is 5.91 Å². The van der Waals surface area contributed by atoms with Crippen LogP contribution in [0.2, 0.25) is 0 Å². The Kier molecular flexibility index (Phi) is 8.93. The van der Waals surface area contributed by atoms with E-state index in [1.54, 1.807) is 39.0 Å². The molecule has 0 bridgehead atoms. The minimum Gasteiger partial charge on any atom is -0.503 e. The van der Waals surface area contributed by atoms with Crippen molar-refractivity contribution in [1.29, 1.82) is 0 Å². The highest BCUT2D eigenvalue weighted by molar-refractivity contribution is 7.17. The molecule has 1 N–H and O–H groups in total. The van der Waals surface area contributed by atoms with E-state index in [0.717, 1.165) is 16.9 Å². The van der Waals surface area contributed by atoms with E-state index in [2.05, 4.69) is 16.5 Å². The van der Waals surface area contributed by atoms with Gasteiger partial charge in [-0.2, -0.15) is 0 Å². The van der Waals surface area contributed by atoms with Crippen LogP contribution in [0.5, 0.6) is 11.5 Å². The maximum absolute atomic E-state index is 14.0. The van der Waals surface area contributed by atoms with Crippen molar-refractivity contribution in [3.63, 3.8) is 0 Å². The molecule has 5 rings (SSSR count). The lowest BCUT2D eigenvalue weighted by Gasteiger charge is -2.25. The Hall–Kier alpha value is -4.81. The van der Waals surface area contributed by atoms with Gasteiger partial charge in [-0.25, -0.2) is 14.8 Å². The molecule has 2 aromatic heterocycles. The number of esters is 1. The second kappa shape index (κ2) is 12.8. The zero-order valence-corrected chi connectivity index (χ0v) is 26.1. The summed E-state index contributed by atoms with van der Waals surface area (Å²) in [5.41, 5.74) is 2.11. The minimum absolute atomic E-state index is 0.00384. The summed E-state index contributed by atoms with van der Waals surface area (Å²) in [4.78, 5) is 50.9. The van der Waals surface area contributed by atoms with Gasteiger partial charge in [0.2, 0.25) is 5.78 Å². The van der Waals surface area contributed by atoms with Crippen LogP contribution >= 0.6 is 22.7 Å². The van der Waals surface area contributed by atoms with Crippen LogP contribution in [0.3, 0.4) is 0 Å². The predicted molar refractivity (Wildman–Crippen MR) is 167 cm³/mol. The molecule has 0 saturated heterocycles. The number of thiazole rings is 2. The third kappa shape index (κ3) is 5.86. The van der Waals surface area contributed by atoms with Gasteiger partial charge in [0, 0.05) is 0 Å². The van der Waals surface area contributed by atoms with Gasteiger partial charge in [-0.15, -0.1) is 11.3 Å². The maximum atomic E-state index is 14.0. The molecule has 2 aromatic carbocycles. The summed E-state index contributed by atoms with van der Waals surface area (Å²) in [6.07, 6.45) is 1.44. The Bertz CT molecular complexity index is 1790. The highest BCUT2D eigenvalue weighted by atomic mass is 32.1. The number of rotatable bonds is 11. The standard InChI is InChI=1S/C32H29N3O7S2/c1-6-14-41-31(39)29-18(3)34-32(44-29)35-25(24(27(37)30(35)38)26(36)28-17(2)33-19(4)43-28)21-12-13-22(23(15-21)40-5)42-16-20-10-8-7-9-11-20/h6-13,15,25,37H,1,14,16H2,2-5H3. The van der Waals surface area contributed by atoms with E-state index in [9.17, 15) is 19.5 Å². The smallest absolute Gasteiger partial charge is 0.350 e. The molecule has 44 heavy (non-hydrogen) atoms. The quantitative estimate of drug-likeness (QED) is 0.116. The Morgan fingerprint density at radius 3 is 2.41 bits per heavy atom. The molecule has 3 heterocycles. The second-order valence-electron chi connectivity index (χ2n) is 9.80. The van der Waals surface area contributed by atoms with Crippen molar-refractivity contribution in [3.05, 3.63) is 110 Å². The largest absolute Gasteiger partial charge is 0.503 e. The SMILES string of the molecule is C=CCOC(=O)c1sc(N2C(=O)C(O)=C(C(=O)c3sc(C)nc3C)C2c2ccc(OCc3ccccc3)c(OC)c2)nc1C. The van der Waals surface area contributed by atoms with E-state index in [1.165, 1.54) is 29.4 Å². The number of aliphatic hydroxyl groups excluding tert-OH is 1. The number of nitrogens with zero attached hydrogens (tertiary/aromatic N) is 3. The Morgan fingerprint density at radius 2 is 1.75 bits per heavy atom. The number of amides is 1. The van der Waals surface area contributed by atoms with Crippen LogP contribution in [-0.4, -0.2) is 46.5 Å². The average molecular weight is 632 g/mol. The number of aryl methyl sites for hydroxylation is 3. The van der Waals surface area contributed by atoms with Crippen LogP contribution in [0.4, 0.5) is 5.13 Å². The van der Waals surface area contributed by atoms with Crippen LogP contribution in [0.25, 0.3) is 0 Å². The summed E-state index contributed by atoms with van der Waals surface area (Å²) in [5, 5.41) is 12.0. The summed E-state index contributed by atoms with van der Waals surface area (Å²) in [6, 6.07) is 13.6. The van der Waals surface area contributed by atoms with Gasteiger partial charge in [-0.1, -0.05) is 60.4 Å². The molecule has 1 aliphatic rings. The molecule has 4 aromatic rings. The van der Waals surface area contributed by atoms with Crippen LogP contribution in [0.15, 0.2) is 72.5 Å². The van der Waals surface area contributed by atoms with Crippen molar-refractivity contribution >= 4 is 45.5 Å². The number of anilines is 1. The summed E-state index contributed by atoms with van der Waals surface area (Å²) in [6.45, 7) is 8.94. The number of aliphatic hydroxyl groups is 1. The van der Waals surface area contributed by atoms with Crippen molar-refractivity contribution in [1.82, 2.24) is 9.97 Å². The molecule has 0 aliphatic carbocycles. The second-order valence-corrected chi connectivity index (χ2v) is 12.0. The van der Waals surface area contributed by atoms with E-state index in [1.807, 2.05) is 30.3 Å². The summed E-state index contributed by atoms with van der Waals surface area (Å²) < 4.78 is 16.8. The molecular weight excluding hydrogens is 603 g/mol. The Morgan fingerprint density at radius 1 is 1.02 bits per heavy atom. The Labute approximate surface area is 261 Å². The maximum Gasteiger partial charge on any atom is 0.350 e. The summed E-state index contributed by atoms with van der Waals surface area (Å²) >= 11 is 2.10. The lowest BCUT2D eigenvalue weighted by molar-refractivity contribution is -0.117. The van der Waals surface area contributed by atoms with Gasteiger partial charge in [0.15, 0.2) is 22.4 Å². The first-order valence-corrected chi connectivity index (χ1v) is 15.1. The lowest BCUT2D eigenvalue weighted by Crippen LogP contribution is -2.31. The molecule has 0 spiro atoms. The number of Topliss-reactive ketones (excluding diaryl/α,β-unsaturated/α-hetero) is 1. The van der Waals surface area contributed by atoms with Gasteiger partial charge in [0.05, 0.1) is 40.0 Å². The number of carbonyl (C=O) groups excluding carboxylic acids is 3. The summed E-state index contributed by atoms with van der Waals surface area (Å²) in [5.74, 6) is -1.90. The molecule has 10 nitrogen and oxygen atoms in total. The van der Waals surface area contributed by atoms with Gasteiger partial charge >= 0.3 is 5.97 Å². The molecule has 226 valence electrons. The van der Waals surface area contributed by atoms with Crippen molar-refractivity contribution < 1.29 is 33.7 Å². The van der Waals surface area contributed by atoms with Gasteiger partial charge in [-0.05, 0) is 44.0 Å². The van der Waals surface area contributed by atoms with Crippen LogP contribution in [-0.2, 0) is 16.1 Å². The topological polar surface area (TPSA) is 128 Å². The van der Waals surface area contributed by atoms with Crippen LogP contribution < -0.4 is 14.4 Å². The summed E-state index contributed by atoms with van der Waals surface area (Å²) in [7, 11) is 1.49. The number of ether oxygens (including phenoxy) is 3. The van der Waals surface area contributed by atoms with Gasteiger partial charge in [-0.3, -0.25) is 14.5 Å². The molecule has 0 radical (unpaired) electrons. The molecular formula is C32H29N3O7S2. The van der Waals surface area contributed by atoms with Crippen molar-refractivity contribution in [3.8, 4) is 11.5 Å². The predicted octanol–water partition coefficient (Wildman–Crippen LogP) is 6.24. The number of aromatic nitrogens is 2. The van der Waals surface area contributed by atoms with E-state index in [0.29, 0.717) is 44.9 Å². The number of methoxy groups -OCH3 is 1. The fourth-order valence-electron chi connectivity index (χ4n) is 4.80. The average Bonchev–Trinajstić information content (AvgIpc) is 3.66. The van der Waals surface area contributed by atoms with Crippen LogP contribution in [0, 0.1) is 20.8 Å². The third-order valence-corrected chi connectivity index (χ3v) is 9.02. The lowest BCUT2D eigenvalue weighted by atomic mass is 9.95. The van der Waals surface area contributed by atoms with E-state index < -0.39 is 29.5 Å². The van der Waals surface area contributed by atoms with E-state index in [4.69, 9.17) is 14.2 Å². The third-order valence-electron chi connectivity index (χ3n) is 6.81. The Balaban J connectivity index is 1.59. The monoisotopic (exact) mass is 631 g/mol. The first kappa shape index (κ1) is 30.6. The highest BCUT2D eigenvalue weighted by Gasteiger charge is 2.47. The zero-order chi connectivity index (χ0) is 31.5. The zero-order valence-electron chi connectivity index (χ0n) is 24.4. The minimum atomic E-state index is -1.10. The molecule has 1 unspecified atom stereocenters. The number of hydrogen-bond donors (Lipinski definition) is 1. The fraction of sp³-hybridized carbons (Fsp3) is 0.219. The molecule has 1 atom stereocenters. The van der Waals surface area contributed by atoms with E-state index >= 15 is 0 Å². The van der Waals surface area contributed by atoms with Gasteiger partial charge < -0.3 is 19.3 Å². The molecule has 0 fully saturated rings. The first-order valence-electron chi connectivity index (χ1n) is 13.5. The molecule has 1 amide bonds. The molecule has 0 saturated carbocycles. The molecule has 12 heteroatoms. The van der Waals surface area contributed by atoms with Gasteiger partial charge in [0.1, 0.15) is 18.1 Å². The molecule has 1 aliphatic heterocycles.